The molecule has 0 heterocycles. The van der Waals surface area contributed by atoms with Gasteiger partial charge in [0.2, 0.25) is 0 Å². The molecular weight excluding hydrogens is 182 g/mol. The van der Waals surface area contributed by atoms with Gasteiger partial charge in [0.15, 0.2) is 4.33 Å². The number of hydrogen-bond donors (Lipinski definition) is 0. The Balaban J connectivity index is 2.52. The molecule has 1 atom stereocenters. The molecule has 0 amide bonds. The first-order valence-corrected chi connectivity index (χ1v) is 3.39. The van der Waals surface area contributed by atoms with Crippen LogP contribution in [-0.2, 0) is 4.74 Å². The maximum Gasteiger partial charge on any atom is 0.496 e. The minimum Gasteiger partial charge on any atom is -0.431 e. The fourth-order valence-electron chi connectivity index (χ4n) is 0.667. The average Bonchev–Trinajstić information content (AvgIpc) is 2.01. The number of halogens is 3. The predicted molar refractivity (Wildman–Crippen MR) is 35.0 cm³/mol. The van der Waals surface area contributed by atoms with Crippen molar-refractivity contribution >= 4 is 29.4 Å². The monoisotopic (exact) mass is 186 g/mol. The molecule has 0 aromatic rings. The fraction of sp³-hybridized carbons (Fsp3) is 0.800. The van der Waals surface area contributed by atoms with Crippen LogP contribution in [0.2, 0.25) is 0 Å². The van der Waals surface area contributed by atoms with E-state index in [2.05, 4.69) is 4.74 Å². The zero-order valence-electron chi connectivity index (χ0n) is 5.16. The molecule has 1 aliphatic rings. The van der Waals surface area contributed by atoms with Gasteiger partial charge in [0.05, 0.1) is 0 Å². The Bertz CT molecular complexity index is 182. The van der Waals surface area contributed by atoms with Crippen LogP contribution in [0.1, 0.15) is 13.3 Å². The maximum absolute atomic E-state index is 11.6. The largest absolute Gasteiger partial charge is 0.496 e. The molecule has 0 N–H and O–H groups in total. The van der Waals surface area contributed by atoms with Gasteiger partial charge in [-0.15, -0.1) is 4.39 Å². The van der Waals surface area contributed by atoms with E-state index in [0.717, 1.165) is 0 Å². The van der Waals surface area contributed by atoms with E-state index < -0.39 is 16.2 Å². The number of hydrogen-bond acceptors (Lipinski definition) is 2. The van der Waals surface area contributed by atoms with Crippen molar-refractivity contribution in [2.24, 2.45) is 0 Å². The van der Waals surface area contributed by atoms with Crippen molar-refractivity contribution < 1.29 is 13.9 Å². The first kappa shape index (κ1) is 8.08. The van der Waals surface area contributed by atoms with E-state index in [9.17, 15) is 9.18 Å². The first-order valence-electron chi connectivity index (χ1n) is 2.64. The van der Waals surface area contributed by atoms with Crippen LogP contribution in [0.4, 0.5) is 9.18 Å². The van der Waals surface area contributed by atoms with E-state index in [-0.39, 0.29) is 6.42 Å². The van der Waals surface area contributed by atoms with Crippen LogP contribution in [0.5, 0.6) is 0 Å². The number of carbonyl (C=O) groups excluding carboxylic acids is 1. The smallest absolute Gasteiger partial charge is 0.431 e. The van der Waals surface area contributed by atoms with Crippen molar-refractivity contribution in [3.8, 4) is 0 Å². The van der Waals surface area contributed by atoms with Gasteiger partial charge in [-0.3, -0.25) is 0 Å². The highest BCUT2D eigenvalue weighted by Gasteiger charge is 2.67. The maximum atomic E-state index is 11.6. The van der Waals surface area contributed by atoms with Gasteiger partial charge in [0, 0.05) is 6.42 Å². The zero-order valence-corrected chi connectivity index (χ0v) is 6.67. The highest BCUT2D eigenvalue weighted by atomic mass is 35.5. The van der Waals surface area contributed by atoms with Gasteiger partial charge in [-0.25, -0.2) is 4.79 Å². The summed E-state index contributed by atoms with van der Waals surface area (Å²) in [5, 5.41) is 0. The molecule has 2 nitrogen and oxygen atoms in total. The second-order valence-electron chi connectivity index (χ2n) is 2.45. The van der Waals surface area contributed by atoms with Crippen LogP contribution >= 0.6 is 23.2 Å². The third-order valence-corrected chi connectivity index (χ3v) is 2.58. The quantitative estimate of drug-likeness (QED) is 0.465. The molecule has 1 aliphatic carbocycles. The Hall–Kier alpha value is -0.0200. The SMILES string of the molecule is CC1(OC(=O)F)CC1(Cl)Cl. The Labute approximate surface area is 67.2 Å². The molecule has 5 heteroatoms. The summed E-state index contributed by atoms with van der Waals surface area (Å²) in [5.41, 5.74) is -1.03. The van der Waals surface area contributed by atoms with E-state index >= 15 is 0 Å². The van der Waals surface area contributed by atoms with Gasteiger partial charge in [-0.05, 0) is 6.92 Å². The third-order valence-electron chi connectivity index (χ3n) is 1.51. The molecule has 0 spiro atoms. The van der Waals surface area contributed by atoms with Gasteiger partial charge in [-0.1, -0.05) is 23.2 Å². The molecule has 0 aliphatic heterocycles. The Morgan fingerprint density at radius 2 is 2.10 bits per heavy atom. The molecule has 58 valence electrons. The fourth-order valence-corrected chi connectivity index (χ4v) is 1.25. The summed E-state index contributed by atoms with van der Waals surface area (Å²) in [6, 6.07) is 0. The third kappa shape index (κ3) is 1.20. The molecule has 1 rings (SSSR count). The lowest BCUT2D eigenvalue weighted by Crippen LogP contribution is -2.18. The Morgan fingerprint density at radius 3 is 2.20 bits per heavy atom. The normalized spacial score (nSPS) is 35.2. The lowest BCUT2D eigenvalue weighted by molar-refractivity contribution is 0.0701. The number of alkyl halides is 2. The van der Waals surface area contributed by atoms with Crippen molar-refractivity contribution in [3.63, 3.8) is 0 Å². The van der Waals surface area contributed by atoms with Crippen molar-refractivity contribution in [1.82, 2.24) is 0 Å². The standard InChI is InChI=1S/C5H5Cl2FO2/c1-4(10-3(8)9)2-5(4,6)7/h2H2,1H3. The highest BCUT2D eigenvalue weighted by Crippen LogP contribution is 2.58. The van der Waals surface area contributed by atoms with E-state index in [1.54, 1.807) is 0 Å². The van der Waals surface area contributed by atoms with E-state index in [1.165, 1.54) is 6.92 Å². The second kappa shape index (κ2) is 1.98. The van der Waals surface area contributed by atoms with Gasteiger partial charge in [-0.2, -0.15) is 0 Å². The summed E-state index contributed by atoms with van der Waals surface area (Å²) in [6.07, 6.45) is -1.57. The second-order valence-corrected chi connectivity index (χ2v) is 3.94. The van der Waals surface area contributed by atoms with Gasteiger partial charge in [0.25, 0.3) is 0 Å². The summed E-state index contributed by atoms with van der Waals surface area (Å²) < 4.78 is 14.7. The predicted octanol–water partition coefficient (Wildman–Crippen LogP) is 2.43. The molecule has 0 aromatic carbocycles. The molecule has 0 saturated heterocycles. The molecule has 0 radical (unpaired) electrons. The summed E-state index contributed by atoms with van der Waals surface area (Å²) >= 11 is 11.0. The molecule has 1 fully saturated rings. The van der Waals surface area contributed by atoms with E-state index in [1.807, 2.05) is 0 Å². The molecule has 0 aromatic heterocycles. The van der Waals surface area contributed by atoms with Gasteiger partial charge < -0.3 is 4.74 Å². The van der Waals surface area contributed by atoms with Crippen LogP contribution in [0, 0.1) is 0 Å². The van der Waals surface area contributed by atoms with Crippen molar-refractivity contribution in [2.45, 2.75) is 23.3 Å². The van der Waals surface area contributed by atoms with Crippen LogP contribution in [0.15, 0.2) is 0 Å². The minimum absolute atomic E-state index is 0.277. The molecule has 0 bridgehead atoms. The lowest BCUT2D eigenvalue weighted by Gasteiger charge is -2.08. The summed E-state index contributed by atoms with van der Waals surface area (Å²) in [7, 11) is 0. The molecule has 10 heavy (non-hydrogen) atoms. The average molecular weight is 187 g/mol. The number of ether oxygens (including phenoxy) is 1. The van der Waals surface area contributed by atoms with Gasteiger partial charge in [0.1, 0.15) is 5.60 Å². The van der Waals surface area contributed by atoms with Crippen LogP contribution in [-0.4, -0.2) is 16.2 Å². The van der Waals surface area contributed by atoms with Crippen molar-refractivity contribution in [2.75, 3.05) is 0 Å². The zero-order chi connectivity index (χ0) is 7.99. The van der Waals surface area contributed by atoms with Crippen molar-refractivity contribution in [3.05, 3.63) is 0 Å². The van der Waals surface area contributed by atoms with Gasteiger partial charge >= 0.3 is 6.22 Å². The highest BCUT2D eigenvalue weighted by molar-refractivity contribution is 6.52. The minimum atomic E-state index is -1.84. The van der Waals surface area contributed by atoms with Crippen LogP contribution < -0.4 is 0 Å². The number of carbonyl (C=O) groups is 1. The van der Waals surface area contributed by atoms with E-state index in [4.69, 9.17) is 23.2 Å². The lowest BCUT2D eigenvalue weighted by atomic mass is 10.4. The molecule has 1 unspecified atom stereocenters. The van der Waals surface area contributed by atoms with Crippen LogP contribution in [0.3, 0.4) is 0 Å². The number of rotatable bonds is 1. The van der Waals surface area contributed by atoms with Crippen LogP contribution in [0.25, 0.3) is 0 Å². The van der Waals surface area contributed by atoms with E-state index in [0.29, 0.717) is 0 Å². The Morgan fingerprint density at radius 1 is 1.70 bits per heavy atom. The summed E-state index contributed by atoms with van der Waals surface area (Å²) in [4.78, 5) is 9.78. The van der Waals surface area contributed by atoms with Crippen molar-refractivity contribution in [1.29, 1.82) is 0 Å². The topological polar surface area (TPSA) is 26.3 Å². The Kier molecular flexibility index (Phi) is 1.60. The summed E-state index contributed by atoms with van der Waals surface area (Å²) in [5.74, 6) is 0. The molecule has 1 saturated carbocycles. The molecular formula is C5H5Cl2FO2. The summed E-state index contributed by atoms with van der Waals surface area (Å²) in [6.45, 7) is 1.48. The first-order chi connectivity index (χ1) is 4.37.